The fourth-order valence-corrected chi connectivity index (χ4v) is 8.84. The molecule has 4 atom stereocenters. The number of pyridine rings is 1. The van der Waals surface area contributed by atoms with Crippen LogP contribution in [0.3, 0.4) is 0 Å². The molecule has 5 N–H and O–H groups in total. The molecular formula is C42H58N3O6+. The Morgan fingerprint density at radius 1 is 1.04 bits per heavy atom. The molecule has 3 aliphatic heterocycles. The number of ether oxygens (including phenoxy) is 2. The summed E-state index contributed by atoms with van der Waals surface area (Å²) in [5, 5.41) is 36.6. The predicted octanol–water partition coefficient (Wildman–Crippen LogP) is 3.90. The second-order valence-corrected chi connectivity index (χ2v) is 15.5. The summed E-state index contributed by atoms with van der Waals surface area (Å²) in [6.45, 7) is 9.84. The number of H-pyrrole nitrogens is 1. The van der Waals surface area contributed by atoms with E-state index in [-0.39, 0.29) is 29.0 Å². The lowest BCUT2D eigenvalue weighted by Gasteiger charge is -2.53. The third-order valence-electron chi connectivity index (χ3n) is 12.0. The van der Waals surface area contributed by atoms with Gasteiger partial charge in [0.25, 0.3) is 0 Å². The number of aromatic nitrogens is 1. The lowest BCUT2D eigenvalue weighted by Crippen LogP contribution is -2.65. The Morgan fingerprint density at radius 2 is 1.76 bits per heavy atom. The van der Waals surface area contributed by atoms with Crippen molar-refractivity contribution < 1.29 is 29.3 Å². The number of benzene rings is 2. The first kappa shape index (κ1) is 37.3. The highest BCUT2D eigenvalue weighted by Crippen LogP contribution is 2.42. The quantitative estimate of drug-likeness (QED) is 0.114. The van der Waals surface area contributed by atoms with Crippen molar-refractivity contribution in [1.82, 2.24) is 10.3 Å². The third kappa shape index (κ3) is 9.13. The first-order valence-electron chi connectivity index (χ1n) is 19.1. The van der Waals surface area contributed by atoms with Gasteiger partial charge in [-0.2, -0.15) is 0 Å². The van der Waals surface area contributed by atoms with E-state index in [9.17, 15) is 20.1 Å². The topological polar surface area (TPSA) is 124 Å². The molecule has 0 spiro atoms. The highest BCUT2D eigenvalue weighted by atomic mass is 16.5. The van der Waals surface area contributed by atoms with Gasteiger partial charge < -0.3 is 39.6 Å². The third-order valence-corrected chi connectivity index (χ3v) is 12.0. The molecule has 3 saturated heterocycles. The maximum atomic E-state index is 12.0. The van der Waals surface area contributed by atoms with Gasteiger partial charge in [0.15, 0.2) is 0 Å². The van der Waals surface area contributed by atoms with E-state index in [0.29, 0.717) is 36.5 Å². The average Bonchev–Trinajstić information content (AvgIpc) is 3.72. The minimum atomic E-state index is -0.912. The number of aliphatic hydroxyl groups is 3. The molecule has 51 heavy (non-hydrogen) atoms. The van der Waals surface area contributed by atoms with Crippen LogP contribution in [0.5, 0.6) is 5.75 Å². The highest BCUT2D eigenvalue weighted by Gasteiger charge is 2.48. The Morgan fingerprint density at radius 3 is 2.47 bits per heavy atom. The highest BCUT2D eigenvalue weighted by molar-refractivity contribution is 5.46. The number of rotatable bonds is 16. The summed E-state index contributed by atoms with van der Waals surface area (Å²) in [5.74, 6) is 1.73. The van der Waals surface area contributed by atoms with Crippen LogP contribution >= 0.6 is 0 Å². The number of nitrogens with zero attached hydrogens (tertiary/aromatic N) is 1. The Balaban J connectivity index is 0.940. The summed E-state index contributed by atoms with van der Waals surface area (Å²) in [4.78, 5) is 14.2. The Hall–Kier alpha value is -3.47. The largest absolute Gasteiger partial charge is 0.513 e. The monoisotopic (exact) mass is 700 g/mol. The molecular weight excluding hydrogens is 642 g/mol. The molecule has 1 aliphatic carbocycles. The molecule has 2 bridgehead atoms. The van der Waals surface area contributed by atoms with Gasteiger partial charge in [-0.1, -0.05) is 55.3 Å². The van der Waals surface area contributed by atoms with Crippen molar-refractivity contribution in [3.63, 3.8) is 0 Å². The molecule has 1 saturated carbocycles. The standard InChI is InChI=1S/C42H57N3O6/c1-30(43-26-39(47)31(2)37-17-18-41(48)44-38(37)28-46)25-32-13-15-36(16-14-32)50-24-8-21-45-22-19-33(20-23-45)40(27-45)51-29-42(49,35-11-6-7-12-35)34-9-4-3-5-10-34/h3-5,9-10,13-18,28,30,33,35,39-40,43,47,49H,6-8,11-12,19-27,29H2,1-2H3,(H-,44,46,48)/p+1/b37-31+,38-28-/t30-,33?,39+,40+,42-,45?/m1/s1. The van der Waals surface area contributed by atoms with Gasteiger partial charge in [0.1, 0.15) is 30.3 Å². The zero-order valence-corrected chi connectivity index (χ0v) is 30.4. The van der Waals surface area contributed by atoms with Gasteiger partial charge in [-0.15, -0.1) is 0 Å². The molecule has 0 amide bonds. The van der Waals surface area contributed by atoms with Crippen molar-refractivity contribution in [1.29, 1.82) is 0 Å². The molecule has 7 rings (SSSR count). The molecule has 0 unspecified atom stereocenters. The van der Waals surface area contributed by atoms with Gasteiger partial charge in [-0.05, 0) is 73.9 Å². The van der Waals surface area contributed by atoms with E-state index >= 15 is 0 Å². The SMILES string of the molecule is C/C(=c1/ccc(=O)[nH]/c1=C\O)[C@@H](O)CN[C@H](C)Cc1ccc(OCCC[N+]23CCC(CC2)[C@@H](OC[C@@](O)(c2ccccc2)C2CCCC2)C3)cc1. The second kappa shape index (κ2) is 16.9. The first-order valence-corrected chi connectivity index (χ1v) is 19.1. The molecule has 4 aliphatic rings. The number of hydrogen-bond acceptors (Lipinski definition) is 7. The summed E-state index contributed by atoms with van der Waals surface area (Å²) >= 11 is 0. The number of aliphatic hydroxyl groups excluding tert-OH is 2. The van der Waals surface area contributed by atoms with Crippen molar-refractivity contribution in [3.05, 3.63) is 98.8 Å². The average molecular weight is 701 g/mol. The number of piperidine rings is 3. The summed E-state index contributed by atoms with van der Waals surface area (Å²) < 4.78 is 14.0. The summed E-state index contributed by atoms with van der Waals surface area (Å²) in [6, 6.07) is 21.6. The smallest absolute Gasteiger partial charge is 0.248 e. The molecule has 4 heterocycles. The molecule has 9 heteroatoms. The van der Waals surface area contributed by atoms with Crippen LogP contribution in [0.15, 0.2) is 71.5 Å². The normalized spacial score (nSPS) is 25.4. The minimum absolute atomic E-state index is 0.129. The summed E-state index contributed by atoms with van der Waals surface area (Å²) in [5.41, 5.74) is 1.63. The zero-order chi connectivity index (χ0) is 35.8. The van der Waals surface area contributed by atoms with Crippen molar-refractivity contribution >= 4 is 11.8 Å². The number of fused-ring (bicyclic) bond motifs is 3. The molecule has 4 fully saturated rings. The van der Waals surface area contributed by atoms with Crippen LogP contribution in [-0.2, 0) is 16.8 Å². The lowest BCUT2D eigenvalue weighted by atomic mass is 9.80. The van der Waals surface area contributed by atoms with Gasteiger partial charge in [0, 0.05) is 49.1 Å². The number of aromatic amines is 1. The van der Waals surface area contributed by atoms with Crippen LogP contribution in [0.4, 0.5) is 0 Å². The van der Waals surface area contributed by atoms with Gasteiger partial charge in [-0.25, -0.2) is 0 Å². The van der Waals surface area contributed by atoms with Crippen LogP contribution in [-0.4, -0.2) is 89.0 Å². The van der Waals surface area contributed by atoms with Gasteiger partial charge >= 0.3 is 0 Å². The maximum Gasteiger partial charge on any atom is 0.248 e. The van der Waals surface area contributed by atoms with E-state index in [1.54, 1.807) is 13.0 Å². The van der Waals surface area contributed by atoms with Crippen molar-refractivity contribution in [3.8, 4) is 5.75 Å². The fraction of sp³-hybridized carbons (Fsp3) is 0.548. The van der Waals surface area contributed by atoms with Gasteiger partial charge in [0.05, 0.1) is 44.3 Å². The van der Waals surface area contributed by atoms with Crippen molar-refractivity contribution in [2.45, 2.75) is 89.1 Å². The minimum Gasteiger partial charge on any atom is -0.513 e. The van der Waals surface area contributed by atoms with E-state index in [2.05, 4.69) is 41.5 Å². The molecule has 3 aromatic rings. The lowest BCUT2D eigenvalue weighted by molar-refractivity contribution is -0.946. The van der Waals surface area contributed by atoms with E-state index in [4.69, 9.17) is 9.47 Å². The van der Waals surface area contributed by atoms with Crippen LogP contribution < -0.4 is 26.2 Å². The van der Waals surface area contributed by atoms with Gasteiger partial charge in [-0.3, -0.25) is 4.79 Å². The predicted molar refractivity (Wildman–Crippen MR) is 201 cm³/mol. The van der Waals surface area contributed by atoms with E-state index in [1.807, 2.05) is 30.3 Å². The molecule has 276 valence electrons. The van der Waals surface area contributed by atoms with Crippen molar-refractivity contribution in [2.24, 2.45) is 11.8 Å². The van der Waals surface area contributed by atoms with E-state index in [1.165, 1.54) is 50.4 Å². The maximum absolute atomic E-state index is 12.0. The van der Waals surface area contributed by atoms with E-state index < -0.39 is 11.7 Å². The molecule has 9 nitrogen and oxygen atoms in total. The second-order valence-electron chi connectivity index (χ2n) is 15.5. The molecule has 2 aromatic carbocycles. The van der Waals surface area contributed by atoms with Crippen molar-refractivity contribution in [2.75, 3.05) is 45.9 Å². The number of nitrogens with one attached hydrogen (secondary N) is 2. The summed E-state index contributed by atoms with van der Waals surface area (Å²) in [6.07, 6.45) is 8.99. The van der Waals surface area contributed by atoms with Gasteiger partial charge in [0.2, 0.25) is 5.56 Å². The summed E-state index contributed by atoms with van der Waals surface area (Å²) in [7, 11) is 0. The van der Waals surface area contributed by atoms with Crippen LogP contribution in [0.1, 0.15) is 69.9 Å². The Kier molecular flexibility index (Phi) is 12.4. The van der Waals surface area contributed by atoms with Crippen LogP contribution in [0.2, 0.25) is 0 Å². The number of hydrogen-bond donors (Lipinski definition) is 5. The fourth-order valence-electron chi connectivity index (χ4n) is 8.84. The molecule has 0 radical (unpaired) electrons. The number of quaternary nitrogens is 1. The zero-order valence-electron chi connectivity index (χ0n) is 30.4. The van der Waals surface area contributed by atoms with Crippen LogP contribution in [0, 0.1) is 11.8 Å². The molecule has 1 aromatic heterocycles. The Labute approximate surface area is 302 Å². The Bertz CT molecular complexity index is 1730. The van der Waals surface area contributed by atoms with Crippen LogP contribution in [0.25, 0.3) is 11.8 Å². The first-order chi connectivity index (χ1) is 24.7. The van der Waals surface area contributed by atoms with E-state index in [0.717, 1.165) is 60.8 Å².